The van der Waals surface area contributed by atoms with Gasteiger partial charge in [-0.25, -0.2) is 4.98 Å². The van der Waals surface area contributed by atoms with Gasteiger partial charge in [-0.1, -0.05) is 45.0 Å². The van der Waals surface area contributed by atoms with E-state index in [2.05, 4.69) is 43.2 Å². The number of amides is 1. The van der Waals surface area contributed by atoms with E-state index in [1.54, 1.807) is 0 Å². The maximum absolute atomic E-state index is 12.4. The minimum Gasteiger partial charge on any atom is -0.484 e. The summed E-state index contributed by atoms with van der Waals surface area (Å²) < 4.78 is 11.5. The molecule has 3 aromatic carbocycles. The number of oxazole rings is 1. The molecule has 0 radical (unpaired) electrons. The summed E-state index contributed by atoms with van der Waals surface area (Å²) in [5.41, 5.74) is 5.54. The summed E-state index contributed by atoms with van der Waals surface area (Å²) in [5, 5.41) is 2.88. The number of hydrogen-bond acceptors (Lipinski definition) is 4. The number of aryl methyl sites for hydroxylation is 1. The number of nitrogens with zero attached hydrogens (tertiary/aromatic N) is 1. The molecule has 32 heavy (non-hydrogen) atoms. The van der Waals surface area contributed by atoms with E-state index in [1.165, 1.54) is 11.1 Å². The number of ether oxygens (including phenoxy) is 1. The lowest BCUT2D eigenvalue weighted by atomic mass is 9.99. The van der Waals surface area contributed by atoms with Gasteiger partial charge in [0.2, 0.25) is 5.89 Å². The molecule has 0 unspecified atom stereocenters. The number of carbonyl (C=O) groups is 1. The molecule has 1 amide bonds. The van der Waals surface area contributed by atoms with Gasteiger partial charge in [-0.15, -0.1) is 0 Å². The SMILES string of the molecule is CCc1ccc2oc(-c3cccc(NC(=O)COc4ccc([C@@H](C)CC)cc4)c3)nc2c1. The molecule has 4 rings (SSSR count). The molecule has 0 saturated heterocycles. The van der Waals surface area contributed by atoms with Gasteiger partial charge in [0.15, 0.2) is 12.2 Å². The topological polar surface area (TPSA) is 64.4 Å². The molecular weight excluding hydrogens is 400 g/mol. The van der Waals surface area contributed by atoms with Crippen molar-refractivity contribution in [3.8, 4) is 17.2 Å². The van der Waals surface area contributed by atoms with Crippen molar-refractivity contribution >= 4 is 22.7 Å². The molecule has 4 aromatic rings. The maximum Gasteiger partial charge on any atom is 0.262 e. The van der Waals surface area contributed by atoms with E-state index in [0.29, 0.717) is 23.2 Å². The number of carbonyl (C=O) groups excluding carboxylic acids is 1. The zero-order chi connectivity index (χ0) is 22.5. The van der Waals surface area contributed by atoms with Crippen LogP contribution in [0.2, 0.25) is 0 Å². The van der Waals surface area contributed by atoms with Crippen molar-refractivity contribution in [2.45, 2.75) is 39.5 Å². The molecule has 5 heteroatoms. The average Bonchev–Trinajstić information content (AvgIpc) is 3.26. The van der Waals surface area contributed by atoms with Crippen molar-refractivity contribution in [1.82, 2.24) is 4.98 Å². The van der Waals surface area contributed by atoms with Crippen LogP contribution >= 0.6 is 0 Å². The Kier molecular flexibility index (Phi) is 6.55. The van der Waals surface area contributed by atoms with Crippen LogP contribution in [0.3, 0.4) is 0 Å². The Bertz CT molecular complexity index is 1210. The molecule has 1 aromatic heterocycles. The van der Waals surface area contributed by atoms with Crippen LogP contribution < -0.4 is 10.1 Å². The summed E-state index contributed by atoms with van der Waals surface area (Å²) >= 11 is 0. The second-order valence-electron chi connectivity index (χ2n) is 7.97. The first kappa shape index (κ1) is 21.6. The molecule has 0 bridgehead atoms. The van der Waals surface area contributed by atoms with Gasteiger partial charge in [0, 0.05) is 11.3 Å². The Labute approximate surface area is 188 Å². The molecule has 0 fully saturated rings. The highest BCUT2D eigenvalue weighted by molar-refractivity contribution is 5.92. The van der Waals surface area contributed by atoms with E-state index in [1.807, 2.05) is 54.6 Å². The van der Waals surface area contributed by atoms with Crippen molar-refractivity contribution in [1.29, 1.82) is 0 Å². The fourth-order valence-electron chi connectivity index (χ4n) is 3.52. The van der Waals surface area contributed by atoms with Crippen LogP contribution in [0.15, 0.2) is 71.1 Å². The van der Waals surface area contributed by atoms with Crippen LogP contribution in [0, 0.1) is 0 Å². The summed E-state index contributed by atoms with van der Waals surface area (Å²) in [7, 11) is 0. The Morgan fingerprint density at radius 2 is 1.88 bits per heavy atom. The van der Waals surface area contributed by atoms with Crippen LogP contribution in [0.4, 0.5) is 5.69 Å². The van der Waals surface area contributed by atoms with Gasteiger partial charge in [-0.3, -0.25) is 4.79 Å². The molecule has 1 atom stereocenters. The zero-order valence-electron chi connectivity index (χ0n) is 18.7. The van der Waals surface area contributed by atoms with Gasteiger partial charge in [0.05, 0.1) is 0 Å². The molecule has 0 spiro atoms. The Balaban J connectivity index is 1.40. The zero-order valence-corrected chi connectivity index (χ0v) is 18.7. The van der Waals surface area contributed by atoms with Crippen molar-refractivity contribution in [2.24, 2.45) is 0 Å². The lowest BCUT2D eigenvalue weighted by Crippen LogP contribution is -2.20. The number of hydrogen-bond donors (Lipinski definition) is 1. The summed E-state index contributed by atoms with van der Waals surface area (Å²) in [6.07, 6.45) is 2.04. The fourth-order valence-corrected chi connectivity index (χ4v) is 3.52. The van der Waals surface area contributed by atoms with Crippen LogP contribution in [-0.4, -0.2) is 17.5 Å². The highest BCUT2D eigenvalue weighted by Gasteiger charge is 2.11. The standard InChI is InChI=1S/C27H28N2O3/c1-4-18(3)20-10-12-23(13-11-20)31-17-26(30)28-22-8-6-7-21(16-22)27-29-24-15-19(5-2)9-14-25(24)32-27/h6-16,18H,4-5,17H2,1-3H3,(H,28,30)/t18-/m0/s1. The van der Waals surface area contributed by atoms with E-state index >= 15 is 0 Å². The predicted octanol–water partition coefficient (Wildman–Crippen LogP) is 6.59. The lowest BCUT2D eigenvalue weighted by Gasteiger charge is -2.11. The fraction of sp³-hybridized carbons (Fsp3) is 0.259. The summed E-state index contributed by atoms with van der Waals surface area (Å²) in [4.78, 5) is 17.0. The Morgan fingerprint density at radius 3 is 2.62 bits per heavy atom. The van der Waals surface area contributed by atoms with Crippen molar-refractivity contribution < 1.29 is 13.9 Å². The van der Waals surface area contributed by atoms with E-state index in [-0.39, 0.29) is 12.5 Å². The highest BCUT2D eigenvalue weighted by atomic mass is 16.5. The minimum atomic E-state index is -0.224. The molecule has 0 aliphatic rings. The molecule has 0 aliphatic heterocycles. The third kappa shape index (κ3) is 4.99. The smallest absolute Gasteiger partial charge is 0.262 e. The first-order chi connectivity index (χ1) is 15.6. The molecule has 0 aliphatic carbocycles. The van der Waals surface area contributed by atoms with Gasteiger partial charge in [0.25, 0.3) is 5.91 Å². The summed E-state index contributed by atoms with van der Waals surface area (Å²) in [5.74, 6) is 1.49. The number of benzene rings is 3. The van der Waals surface area contributed by atoms with Gasteiger partial charge in [-0.2, -0.15) is 0 Å². The summed E-state index contributed by atoms with van der Waals surface area (Å²) in [6, 6.07) is 21.4. The monoisotopic (exact) mass is 428 g/mol. The molecule has 164 valence electrons. The first-order valence-electron chi connectivity index (χ1n) is 11.1. The molecule has 5 nitrogen and oxygen atoms in total. The second-order valence-corrected chi connectivity index (χ2v) is 7.97. The van der Waals surface area contributed by atoms with Gasteiger partial charge in [0.1, 0.15) is 11.3 Å². The van der Waals surface area contributed by atoms with Crippen molar-refractivity contribution in [3.63, 3.8) is 0 Å². The highest BCUT2D eigenvalue weighted by Crippen LogP contribution is 2.27. The van der Waals surface area contributed by atoms with Gasteiger partial charge >= 0.3 is 0 Å². The first-order valence-corrected chi connectivity index (χ1v) is 11.1. The lowest BCUT2D eigenvalue weighted by molar-refractivity contribution is -0.118. The second kappa shape index (κ2) is 9.69. The predicted molar refractivity (Wildman–Crippen MR) is 128 cm³/mol. The summed E-state index contributed by atoms with van der Waals surface area (Å²) in [6.45, 7) is 6.41. The number of anilines is 1. The van der Waals surface area contributed by atoms with E-state index in [4.69, 9.17) is 9.15 Å². The van der Waals surface area contributed by atoms with Crippen molar-refractivity contribution in [2.75, 3.05) is 11.9 Å². The largest absolute Gasteiger partial charge is 0.484 e. The number of fused-ring (bicyclic) bond motifs is 1. The molecular formula is C27H28N2O3. The molecule has 1 heterocycles. The number of rotatable bonds is 8. The van der Waals surface area contributed by atoms with E-state index in [0.717, 1.165) is 29.5 Å². The van der Waals surface area contributed by atoms with Crippen LogP contribution in [-0.2, 0) is 11.2 Å². The van der Waals surface area contributed by atoms with Crippen LogP contribution in [0.25, 0.3) is 22.6 Å². The Morgan fingerprint density at radius 1 is 1.06 bits per heavy atom. The maximum atomic E-state index is 12.4. The molecule has 0 saturated carbocycles. The quantitative estimate of drug-likeness (QED) is 0.344. The van der Waals surface area contributed by atoms with Crippen LogP contribution in [0.5, 0.6) is 5.75 Å². The normalized spacial score (nSPS) is 12.0. The third-order valence-electron chi connectivity index (χ3n) is 5.68. The van der Waals surface area contributed by atoms with Gasteiger partial charge in [-0.05, 0) is 72.4 Å². The average molecular weight is 429 g/mol. The minimum absolute atomic E-state index is 0.0599. The van der Waals surface area contributed by atoms with E-state index < -0.39 is 0 Å². The molecule has 1 N–H and O–H groups in total. The Hall–Kier alpha value is -3.60. The van der Waals surface area contributed by atoms with Crippen LogP contribution in [0.1, 0.15) is 44.2 Å². The van der Waals surface area contributed by atoms with Crippen molar-refractivity contribution in [3.05, 3.63) is 77.9 Å². The third-order valence-corrected chi connectivity index (χ3v) is 5.68. The number of aromatic nitrogens is 1. The number of nitrogens with one attached hydrogen (secondary N) is 1. The van der Waals surface area contributed by atoms with E-state index in [9.17, 15) is 4.79 Å². The van der Waals surface area contributed by atoms with Gasteiger partial charge < -0.3 is 14.5 Å².